The van der Waals surface area contributed by atoms with Crippen molar-refractivity contribution in [3.8, 4) is 5.75 Å². The zero-order valence-corrected chi connectivity index (χ0v) is 20.8. The Balaban J connectivity index is 1.31. The van der Waals surface area contributed by atoms with Crippen molar-refractivity contribution in [2.45, 2.75) is 26.2 Å². The van der Waals surface area contributed by atoms with Crippen LogP contribution in [0, 0.1) is 0 Å². The fourth-order valence-electron chi connectivity index (χ4n) is 4.93. The molecule has 34 heavy (non-hydrogen) atoms. The van der Waals surface area contributed by atoms with Gasteiger partial charge in [-0.05, 0) is 35.2 Å². The largest absolute Gasteiger partial charge is 0.492 e. The molecule has 0 radical (unpaired) electrons. The minimum atomic E-state index is 0.156. The van der Waals surface area contributed by atoms with Crippen molar-refractivity contribution in [1.82, 2.24) is 4.90 Å². The molecule has 180 valence electrons. The average Bonchev–Trinajstić information content (AvgIpc) is 3.34. The van der Waals surface area contributed by atoms with Gasteiger partial charge in [0, 0.05) is 54.9 Å². The van der Waals surface area contributed by atoms with Crippen molar-refractivity contribution in [3.63, 3.8) is 0 Å². The highest BCUT2D eigenvalue weighted by molar-refractivity contribution is 5.98. The number of nitrogens with zero attached hydrogens (tertiary/aromatic N) is 3. The Labute approximate surface area is 203 Å². The third-order valence-electron chi connectivity index (χ3n) is 7.03. The van der Waals surface area contributed by atoms with E-state index in [2.05, 4.69) is 96.1 Å². The third-order valence-corrected chi connectivity index (χ3v) is 7.03. The van der Waals surface area contributed by atoms with Crippen LogP contribution in [0.3, 0.4) is 0 Å². The van der Waals surface area contributed by atoms with Crippen molar-refractivity contribution in [3.05, 3.63) is 66.2 Å². The smallest absolute Gasteiger partial charge is 0.127 e. The van der Waals surface area contributed by atoms with Crippen LogP contribution in [0.1, 0.15) is 26.3 Å². The topological polar surface area (TPSA) is 28.2 Å². The Hall–Kier alpha value is -2.76. The van der Waals surface area contributed by atoms with Gasteiger partial charge in [0.25, 0.3) is 0 Å². The van der Waals surface area contributed by atoms with E-state index in [0.29, 0.717) is 6.61 Å². The van der Waals surface area contributed by atoms with E-state index in [-0.39, 0.29) is 5.41 Å². The highest BCUT2D eigenvalue weighted by Crippen LogP contribution is 2.36. The molecule has 0 atom stereocenters. The first-order chi connectivity index (χ1) is 16.5. The number of anilines is 2. The molecule has 0 N–H and O–H groups in total. The maximum Gasteiger partial charge on any atom is 0.127 e. The second-order valence-electron chi connectivity index (χ2n) is 10.4. The molecule has 3 aromatic rings. The molecular formula is C29H37N3O2. The van der Waals surface area contributed by atoms with Gasteiger partial charge >= 0.3 is 0 Å². The Morgan fingerprint density at radius 3 is 2.38 bits per heavy atom. The lowest BCUT2D eigenvalue weighted by Gasteiger charge is -2.27. The van der Waals surface area contributed by atoms with Gasteiger partial charge in [0.15, 0.2) is 0 Å². The van der Waals surface area contributed by atoms with E-state index in [1.54, 1.807) is 0 Å². The van der Waals surface area contributed by atoms with Gasteiger partial charge in [-0.25, -0.2) is 0 Å². The number of hydrogen-bond donors (Lipinski definition) is 0. The molecule has 0 saturated carbocycles. The van der Waals surface area contributed by atoms with E-state index in [0.717, 1.165) is 58.4 Å². The third kappa shape index (κ3) is 5.01. The second-order valence-corrected chi connectivity index (χ2v) is 10.4. The van der Waals surface area contributed by atoms with Gasteiger partial charge in [-0.3, -0.25) is 4.90 Å². The Bertz CT molecular complexity index is 1120. The molecule has 3 aromatic carbocycles. The van der Waals surface area contributed by atoms with Crippen LogP contribution in [0.2, 0.25) is 0 Å². The van der Waals surface area contributed by atoms with E-state index >= 15 is 0 Å². The first-order valence-electron chi connectivity index (χ1n) is 12.5. The van der Waals surface area contributed by atoms with Crippen molar-refractivity contribution < 1.29 is 9.47 Å². The lowest BCUT2D eigenvalue weighted by Crippen LogP contribution is -2.38. The summed E-state index contributed by atoms with van der Waals surface area (Å²) in [5.41, 5.74) is 4.13. The summed E-state index contributed by atoms with van der Waals surface area (Å²) in [6.45, 7) is 15.0. The molecule has 0 spiro atoms. The number of ether oxygens (including phenoxy) is 2. The fraction of sp³-hybridized carbons (Fsp3) is 0.448. The van der Waals surface area contributed by atoms with Crippen molar-refractivity contribution in [1.29, 1.82) is 0 Å². The van der Waals surface area contributed by atoms with E-state index in [4.69, 9.17) is 9.47 Å². The summed E-state index contributed by atoms with van der Waals surface area (Å²) in [6.07, 6.45) is 0. The van der Waals surface area contributed by atoms with Crippen LogP contribution in [0.5, 0.6) is 5.75 Å². The minimum Gasteiger partial charge on any atom is -0.492 e. The number of fused-ring (bicyclic) bond motifs is 1. The van der Waals surface area contributed by atoms with Crippen LogP contribution in [-0.4, -0.2) is 64.1 Å². The van der Waals surface area contributed by atoms with Gasteiger partial charge < -0.3 is 19.3 Å². The number of benzene rings is 3. The molecule has 0 aromatic heterocycles. The lowest BCUT2D eigenvalue weighted by molar-refractivity contribution is 0.0323. The van der Waals surface area contributed by atoms with Crippen molar-refractivity contribution >= 4 is 22.1 Å². The first-order valence-corrected chi connectivity index (χ1v) is 12.5. The Morgan fingerprint density at radius 1 is 0.824 bits per heavy atom. The van der Waals surface area contributed by atoms with Crippen molar-refractivity contribution in [2.75, 3.05) is 69.0 Å². The van der Waals surface area contributed by atoms with Gasteiger partial charge in [-0.2, -0.15) is 0 Å². The van der Waals surface area contributed by atoms with E-state index in [1.165, 1.54) is 27.7 Å². The number of morpholine rings is 1. The molecule has 2 saturated heterocycles. The Morgan fingerprint density at radius 2 is 1.59 bits per heavy atom. The monoisotopic (exact) mass is 459 g/mol. The van der Waals surface area contributed by atoms with E-state index in [1.807, 2.05) is 0 Å². The summed E-state index contributed by atoms with van der Waals surface area (Å²) < 4.78 is 11.7. The van der Waals surface area contributed by atoms with Crippen LogP contribution >= 0.6 is 0 Å². The quantitative estimate of drug-likeness (QED) is 0.509. The molecule has 0 bridgehead atoms. The summed E-state index contributed by atoms with van der Waals surface area (Å²) in [5, 5.41) is 2.45. The molecule has 2 fully saturated rings. The molecule has 5 nitrogen and oxygen atoms in total. The number of rotatable bonds is 6. The maximum absolute atomic E-state index is 6.26. The first kappa shape index (κ1) is 23.0. The highest BCUT2D eigenvalue weighted by atomic mass is 16.5. The maximum atomic E-state index is 6.26. The molecule has 0 aliphatic carbocycles. The predicted molar refractivity (Wildman–Crippen MR) is 141 cm³/mol. The van der Waals surface area contributed by atoms with Crippen LogP contribution < -0.4 is 14.5 Å². The van der Waals surface area contributed by atoms with Gasteiger partial charge in [0.05, 0.1) is 19.9 Å². The van der Waals surface area contributed by atoms with Crippen LogP contribution in [0.4, 0.5) is 11.4 Å². The van der Waals surface area contributed by atoms with E-state index in [9.17, 15) is 0 Å². The lowest BCUT2D eigenvalue weighted by atomic mass is 9.87. The fourth-order valence-corrected chi connectivity index (χ4v) is 4.93. The van der Waals surface area contributed by atoms with Crippen LogP contribution in [0.25, 0.3) is 10.8 Å². The molecule has 0 unspecified atom stereocenters. The zero-order chi connectivity index (χ0) is 23.5. The summed E-state index contributed by atoms with van der Waals surface area (Å²) in [5.74, 6) is 0.974. The minimum absolute atomic E-state index is 0.156. The van der Waals surface area contributed by atoms with Crippen LogP contribution in [0.15, 0.2) is 60.7 Å². The Kier molecular flexibility index (Phi) is 6.66. The molecular weight excluding hydrogens is 422 g/mol. The van der Waals surface area contributed by atoms with Gasteiger partial charge in [-0.1, -0.05) is 57.2 Å². The normalized spacial score (nSPS) is 17.5. The molecule has 5 rings (SSSR count). The summed E-state index contributed by atoms with van der Waals surface area (Å²) in [7, 11) is 0. The van der Waals surface area contributed by atoms with Crippen molar-refractivity contribution in [2.24, 2.45) is 0 Å². The SMILES string of the molecule is CC(C)(C)c1cccc(N2CCN(c3ccc(OCCN4CCOCC4)c4ccccc34)C2)c1. The van der Waals surface area contributed by atoms with E-state index < -0.39 is 0 Å². The summed E-state index contributed by atoms with van der Waals surface area (Å²) >= 11 is 0. The van der Waals surface area contributed by atoms with Gasteiger partial charge in [0.2, 0.25) is 0 Å². The number of hydrogen-bond acceptors (Lipinski definition) is 5. The molecule has 2 aliphatic heterocycles. The standard InChI is InChI=1S/C29H37N3O2/c1-29(2,3)23-7-6-8-24(21-23)31-13-14-32(22-31)27-11-12-28(26-10-5-4-9-25(26)27)34-20-17-30-15-18-33-19-16-30/h4-12,21H,13-20,22H2,1-3H3. The van der Waals surface area contributed by atoms with Crippen LogP contribution in [-0.2, 0) is 10.2 Å². The molecule has 2 aliphatic rings. The second kappa shape index (κ2) is 9.85. The van der Waals surface area contributed by atoms with Gasteiger partial charge in [-0.15, -0.1) is 0 Å². The average molecular weight is 460 g/mol. The predicted octanol–water partition coefficient (Wildman–Crippen LogP) is 5.13. The zero-order valence-electron chi connectivity index (χ0n) is 20.8. The summed E-state index contributed by atoms with van der Waals surface area (Å²) in [6, 6.07) is 22.1. The molecule has 0 amide bonds. The highest BCUT2D eigenvalue weighted by Gasteiger charge is 2.24. The molecule has 2 heterocycles. The summed E-state index contributed by atoms with van der Waals surface area (Å²) in [4.78, 5) is 7.38. The van der Waals surface area contributed by atoms with Gasteiger partial charge in [0.1, 0.15) is 12.4 Å². The molecule has 5 heteroatoms.